The molecule has 0 aromatic heterocycles. The molecule has 0 spiro atoms. The molecule has 7 saturated heterocycles. The van der Waals surface area contributed by atoms with Crippen LogP contribution in [0.2, 0.25) is 10.0 Å². The first-order valence-electron chi connectivity index (χ1n) is 23.6. The largest absolute Gasteiger partial charge is 0.560 e. The summed E-state index contributed by atoms with van der Waals surface area (Å²) in [5, 5.41) is 5.54. The van der Waals surface area contributed by atoms with Crippen molar-refractivity contribution in [2.24, 2.45) is 0 Å². The maximum Gasteiger partial charge on any atom is 0.560 e. The molecule has 0 bridgehead atoms. The molecule has 0 radical (unpaired) electrons. The van der Waals surface area contributed by atoms with E-state index in [2.05, 4.69) is 24.8 Å². The van der Waals surface area contributed by atoms with E-state index < -0.39 is 47.7 Å². The van der Waals surface area contributed by atoms with Gasteiger partial charge in [-0.2, -0.15) is 4.79 Å². The lowest BCUT2D eigenvalue weighted by Gasteiger charge is -2.35. The van der Waals surface area contributed by atoms with Crippen molar-refractivity contribution in [3.05, 3.63) is 68.7 Å². The summed E-state index contributed by atoms with van der Waals surface area (Å²) in [5.41, 5.74) is 3.23. The highest BCUT2D eigenvalue weighted by Crippen LogP contribution is 2.24. The van der Waals surface area contributed by atoms with E-state index >= 15 is 0 Å². The van der Waals surface area contributed by atoms with Crippen LogP contribution in [0.3, 0.4) is 0 Å². The average Bonchev–Trinajstić information content (AvgIpc) is 4.01. The Bertz CT molecular complexity index is 2320. The quantitative estimate of drug-likeness (QED) is 0.350. The van der Waals surface area contributed by atoms with Gasteiger partial charge in [0.15, 0.2) is 0 Å². The maximum absolute atomic E-state index is 13.0. The monoisotopic (exact) mass is 1040 g/mol. The van der Waals surface area contributed by atoms with Crippen LogP contribution in [0.25, 0.3) is 0 Å². The van der Waals surface area contributed by atoms with Crippen molar-refractivity contribution in [3.8, 4) is 0 Å². The first-order valence-corrected chi connectivity index (χ1v) is 24.3. The zero-order valence-corrected chi connectivity index (χ0v) is 40.9. The molecule has 0 saturated carbocycles. The summed E-state index contributed by atoms with van der Waals surface area (Å²) in [5.74, 6) is -3.73. The predicted octanol–water partition coefficient (Wildman–Crippen LogP) is 1.62. The number of nitrogens with one attached hydrogen (secondary N) is 1. The van der Waals surface area contributed by atoms with E-state index in [1.165, 1.54) is 4.90 Å². The van der Waals surface area contributed by atoms with Crippen LogP contribution in [0.4, 0.5) is 9.59 Å². The molecule has 72 heavy (non-hydrogen) atoms. The number of hydroxylamine groups is 6. The molecule has 2 aromatic rings. The van der Waals surface area contributed by atoms with Crippen molar-refractivity contribution in [1.82, 2.24) is 45.0 Å². The van der Waals surface area contributed by atoms with Crippen LogP contribution >= 0.6 is 23.2 Å². The number of imide groups is 3. The number of piperazine rings is 2. The number of benzene rings is 2. The topological polar surface area (TPSA) is 255 Å². The van der Waals surface area contributed by atoms with Gasteiger partial charge in [-0.05, 0) is 35.4 Å². The maximum atomic E-state index is 13.0. The van der Waals surface area contributed by atoms with Gasteiger partial charge < -0.3 is 34.3 Å². The van der Waals surface area contributed by atoms with E-state index in [0.717, 1.165) is 49.4 Å². The number of ether oxygens (including phenoxy) is 2. The van der Waals surface area contributed by atoms with Crippen LogP contribution < -0.4 is 5.32 Å². The summed E-state index contributed by atoms with van der Waals surface area (Å²) in [6, 6.07) is 11.0. The molecular weight excluding hydrogens is 989 g/mol. The summed E-state index contributed by atoms with van der Waals surface area (Å²) in [6.07, 6.45) is -2.31. The van der Waals surface area contributed by atoms with Gasteiger partial charge in [0.05, 0.1) is 26.4 Å². The molecule has 9 amide bonds. The van der Waals surface area contributed by atoms with Crippen LogP contribution in [0, 0.1) is 0 Å². The van der Waals surface area contributed by atoms with Gasteiger partial charge in [0, 0.05) is 151 Å². The van der Waals surface area contributed by atoms with E-state index in [9.17, 15) is 47.9 Å². The summed E-state index contributed by atoms with van der Waals surface area (Å²) in [6.45, 7) is 11.9. The number of nitrogens with zero attached hydrogens (tertiary/aromatic N) is 8. The van der Waals surface area contributed by atoms with Crippen molar-refractivity contribution in [2.45, 2.75) is 51.6 Å². The number of carbonyl (C=O) groups is 10. The first-order chi connectivity index (χ1) is 34.6. The Hall–Kier alpha value is -6.28. The molecule has 7 aliphatic rings. The molecule has 7 aliphatic heterocycles. The van der Waals surface area contributed by atoms with Crippen LogP contribution in [-0.2, 0) is 65.8 Å². The summed E-state index contributed by atoms with van der Waals surface area (Å²) >= 11 is 12.3. The molecule has 24 nitrogen and oxygen atoms in total. The highest BCUT2D eigenvalue weighted by atomic mass is 35.5. The van der Waals surface area contributed by atoms with Crippen LogP contribution in [0.5, 0.6) is 0 Å². The standard InChI is InChI=1S/C21H25ClN4O6.C16H22ClN3O2.C9H8N2O7/c22-16-2-1-15(17(13-16)20(29)24-9-11-31-12-10-24)14-23-5-7-25(8-6-23)21(30)32-26-18(27)3-4-19(26)28;17-14-2-1-13(12-19-5-3-18-4-6-19)15(11-14)16(21)20-7-9-22-10-8-20;12-5-1-2-6(13)10(5)17-9(16)18-11-7(14)3-4-8(11)15/h1-2,13H,3-12,14H2;1-2,11,18H,3-10,12H2;1-4H2. The van der Waals surface area contributed by atoms with E-state index in [1.807, 2.05) is 23.1 Å². The highest BCUT2D eigenvalue weighted by Gasteiger charge is 2.38. The van der Waals surface area contributed by atoms with Gasteiger partial charge in [0.1, 0.15) is 0 Å². The average molecular weight is 1040 g/mol. The molecule has 0 atom stereocenters. The third-order valence-corrected chi connectivity index (χ3v) is 12.8. The van der Waals surface area contributed by atoms with Crippen molar-refractivity contribution < 1.29 is 71.9 Å². The molecule has 1 N–H and O–H groups in total. The minimum absolute atomic E-state index is 0.0618. The van der Waals surface area contributed by atoms with E-state index in [1.54, 1.807) is 23.1 Å². The first kappa shape index (κ1) is 53.5. The van der Waals surface area contributed by atoms with Crippen LogP contribution in [0.15, 0.2) is 36.4 Å². The lowest BCUT2D eigenvalue weighted by molar-refractivity contribution is -0.198. The Labute approximate surface area is 423 Å². The fourth-order valence-electron chi connectivity index (χ4n) is 8.36. The van der Waals surface area contributed by atoms with E-state index in [-0.39, 0.29) is 60.5 Å². The number of halogens is 2. The Balaban J connectivity index is 0.000000166. The van der Waals surface area contributed by atoms with Gasteiger partial charge >= 0.3 is 12.2 Å². The number of carbonyl (C=O) groups excluding carboxylic acids is 10. The summed E-state index contributed by atoms with van der Waals surface area (Å²) in [4.78, 5) is 140. The second-order valence-corrected chi connectivity index (χ2v) is 18.1. The minimum Gasteiger partial charge on any atom is -0.378 e. The summed E-state index contributed by atoms with van der Waals surface area (Å²) in [7, 11) is 0. The molecule has 26 heteroatoms. The molecular formula is C46H55Cl2N9O15. The molecule has 9 rings (SSSR count). The van der Waals surface area contributed by atoms with E-state index in [4.69, 9.17) is 37.5 Å². The SMILES string of the molecule is O=C(ON1C(=O)CCC1=O)N1CCN(Cc2ccc(Cl)cc2C(=O)N2CCOCC2)CC1.O=C(ON1C(=O)CCC1=O)ON1C(=O)CCC1=O.O=C(c1cc(Cl)ccc1CN1CCNCC1)N1CCOCC1. The van der Waals surface area contributed by atoms with Crippen molar-refractivity contribution in [3.63, 3.8) is 0 Å². The van der Waals surface area contributed by atoms with Gasteiger partial charge in [-0.3, -0.25) is 57.8 Å². The Kier molecular flexibility index (Phi) is 18.9. The highest BCUT2D eigenvalue weighted by molar-refractivity contribution is 6.31. The molecule has 388 valence electrons. The lowest BCUT2D eigenvalue weighted by Crippen LogP contribution is -2.50. The zero-order valence-electron chi connectivity index (χ0n) is 39.4. The second kappa shape index (κ2) is 25.4. The molecule has 7 fully saturated rings. The Morgan fingerprint density at radius 1 is 0.472 bits per heavy atom. The lowest BCUT2D eigenvalue weighted by atomic mass is 10.0. The third-order valence-electron chi connectivity index (χ3n) is 12.3. The normalized spacial score (nSPS) is 20.0. The molecule has 2 aromatic carbocycles. The third kappa shape index (κ3) is 14.2. The van der Waals surface area contributed by atoms with E-state index in [0.29, 0.717) is 106 Å². The van der Waals surface area contributed by atoms with Gasteiger partial charge in [-0.15, -0.1) is 5.06 Å². The van der Waals surface area contributed by atoms with Crippen molar-refractivity contribution in [1.29, 1.82) is 0 Å². The van der Waals surface area contributed by atoms with Gasteiger partial charge in [-0.25, -0.2) is 4.79 Å². The summed E-state index contributed by atoms with van der Waals surface area (Å²) < 4.78 is 10.7. The zero-order chi connectivity index (χ0) is 51.3. The van der Waals surface area contributed by atoms with Crippen molar-refractivity contribution in [2.75, 3.05) is 105 Å². The van der Waals surface area contributed by atoms with Gasteiger partial charge in [0.2, 0.25) is 0 Å². The van der Waals surface area contributed by atoms with Crippen LogP contribution in [0.1, 0.15) is 70.4 Å². The van der Waals surface area contributed by atoms with Gasteiger partial charge in [0.25, 0.3) is 47.3 Å². The molecule has 7 heterocycles. The fourth-order valence-corrected chi connectivity index (χ4v) is 8.70. The van der Waals surface area contributed by atoms with Gasteiger partial charge in [-0.1, -0.05) is 45.5 Å². The second-order valence-electron chi connectivity index (χ2n) is 17.2. The number of amides is 9. The predicted molar refractivity (Wildman–Crippen MR) is 249 cm³/mol. The Morgan fingerprint density at radius 3 is 1.22 bits per heavy atom. The minimum atomic E-state index is -1.48. The number of hydrogen-bond donors (Lipinski definition) is 1. The fraction of sp³-hybridized carbons (Fsp3) is 0.522. The smallest absolute Gasteiger partial charge is 0.378 e. The molecule has 0 unspecified atom stereocenters. The van der Waals surface area contributed by atoms with Crippen LogP contribution in [-0.4, -0.2) is 204 Å². The van der Waals surface area contributed by atoms with Crippen molar-refractivity contribution >= 4 is 82.7 Å². The Morgan fingerprint density at radius 2 is 0.833 bits per heavy atom. The number of rotatable bonds is 9. The molecule has 0 aliphatic carbocycles. The number of hydrogen-bond acceptors (Lipinski definition) is 18. The number of morpholine rings is 2.